The van der Waals surface area contributed by atoms with Crippen molar-refractivity contribution in [2.75, 3.05) is 6.61 Å². The molecule has 0 aliphatic carbocycles. The van der Waals surface area contributed by atoms with Gasteiger partial charge in [-0.25, -0.2) is 4.98 Å². The Bertz CT molecular complexity index is 688. The molecule has 1 amide bonds. The van der Waals surface area contributed by atoms with Crippen molar-refractivity contribution in [3.8, 4) is 5.82 Å². The van der Waals surface area contributed by atoms with Crippen molar-refractivity contribution in [1.82, 2.24) is 14.9 Å². The van der Waals surface area contributed by atoms with Gasteiger partial charge in [0.05, 0.1) is 17.7 Å². The molecule has 2 aromatic rings. The first-order chi connectivity index (χ1) is 11.1. The molecule has 122 valence electrons. The normalized spacial score (nSPS) is 18.8. The first-order valence-corrected chi connectivity index (χ1v) is 8.10. The Labute approximate surface area is 136 Å². The SMILES string of the molecule is Cc1cc(C(=O)N[C@@H](C)[C@@H]2CCCO2)c(C)n1-c1ccccn1. The van der Waals surface area contributed by atoms with Crippen LogP contribution in [0.15, 0.2) is 30.5 Å². The highest BCUT2D eigenvalue weighted by Gasteiger charge is 2.25. The minimum atomic E-state index is -0.0525. The molecule has 1 N–H and O–H groups in total. The van der Waals surface area contributed by atoms with E-state index in [1.165, 1.54) is 0 Å². The minimum absolute atomic E-state index is 0.0166. The molecule has 0 spiro atoms. The number of pyridine rings is 1. The number of carbonyl (C=O) groups excluding carboxylic acids is 1. The van der Waals surface area contributed by atoms with Crippen molar-refractivity contribution in [2.45, 2.75) is 45.8 Å². The molecule has 1 fully saturated rings. The van der Waals surface area contributed by atoms with Gasteiger partial charge in [0, 0.05) is 24.2 Å². The number of aromatic nitrogens is 2. The zero-order chi connectivity index (χ0) is 16.4. The van der Waals surface area contributed by atoms with Gasteiger partial charge in [0.25, 0.3) is 5.91 Å². The van der Waals surface area contributed by atoms with E-state index in [1.54, 1.807) is 6.20 Å². The van der Waals surface area contributed by atoms with Gasteiger partial charge < -0.3 is 14.6 Å². The van der Waals surface area contributed by atoms with E-state index in [-0.39, 0.29) is 18.1 Å². The molecule has 5 heteroatoms. The van der Waals surface area contributed by atoms with Crippen molar-refractivity contribution in [2.24, 2.45) is 0 Å². The van der Waals surface area contributed by atoms with E-state index in [0.717, 1.165) is 36.7 Å². The van der Waals surface area contributed by atoms with E-state index in [9.17, 15) is 4.79 Å². The maximum absolute atomic E-state index is 12.6. The second kappa shape index (κ2) is 6.54. The molecule has 2 aromatic heterocycles. The molecule has 0 unspecified atom stereocenters. The molecule has 3 heterocycles. The molecule has 23 heavy (non-hydrogen) atoms. The highest BCUT2D eigenvalue weighted by atomic mass is 16.5. The lowest BCUT2D eigenvalue weighted by Gasteiger charge is -2.20. The summed E-state index contributed by atoms with van der Waals surface area (Å²) in [5.74, 6) is 0.775. The maximum Gasteiger partial charge on any atom is 0.253 e. The van der Waals surface area contributed by atoms with Crippen molar-refractivity contribution in [1.29, 1.82) is 0 Å². The minimum Gasteiger partial charge on any atom is -0.376 e. The average molecular weight is 313 g/mol. The van der Waals surface area contributed by atoms with Crippen LogP contribution in [0.4, 0.5) is 0 Å². The van der Waals surface area contributed by atoms with Crippen LogP contribution in [-0.4, -0.2) is 34.2 Å². The lowest BCUT2D eigenvalue weighted by Crippen LogP contribution is -2.40. The van der Waals surface area contributed by atoms with Crippen LogP contribution in [0.1, 0.15) is 41.5 Å². The zero-order valence-corrected chi connectivity index (χ0v) is 13.9. The quantitative estimate of drug-likeness (QED) is 0.944. The molecule has 0 bridgehead atoms. The van der Waals surface area contributed by atoms with Gasteiger partial charge in [-0.1, -0.05) is 6.07 Å². The van der Waals surface area contributed by atoms with Crippen molar-refractivity contribution >= 4 is 5.91 Å². The summed E-state index contributed by atoms with van der Waals surface area (Å²) in [6.45, 7) is 6.74. The number of nitrogens with one attached hydrogen (secondary N) is 1. The summed E-state index contributed by atoms with van der Waals surface area (Å²) < 4.78 is 7.66. The Hall–Kier alpha value is -2.14. The van der Waals surface area contributed by atoms with Crippen LogP contribution in [0, 0.1) is 13.8 Å². The number of hydrogen-bond donors (Lipinski definition) is 1. The number of ether oxygens (including phenoxy) is 1. The smallest absolute Gasteiger partial charge is 0.253 e. The lowest BCUT2D eigenvalue weighted by molar-refractivity contribution is 0.0712. The maximum atomic E-state index is 12.6. The van der Waals surface area contributed by atoms with E-state index in [4.69, 9.17) is 4.74 Å². The van der Waals surface area contributed by atoms with Crippen LogP contribution < -0.4 is 5.32 Å². The summed E-state index contributed by atoms with van der Waals surface area (Å²) >= 11 is 0. The number of aryl methyl sites for hydroxylation is 1. The van der Waals surface area contributed by atoms with E-state index < -0.39 is 0 Å². The number of carbonyl (C=O) groups is 1. The molecule has 1 saturated heterocycles. The van der Waals surface area contributed by atoms with Crippen LogP contribution in [0.2, 0.25) is 0 Å². The fourth-order valence-corrected chi connectivity index (χ4v) is 3.21. The summed E-state index contributed by atoms with van der Waals surface area (Å²) in [5, 5.41) is 3.07. The van der Waals surface area contributed by atoms with Gasteiger partial charge >= 0.3 is 0 Å². The third-order valence-corrected chi connectivity index (χ3v) is 4.44. The Morgan fingerprint density at radius 3 is 2.91 bits per heavy atom. The summed E-state index contributed by atoms with van der Waals surface area (Å²) in [6, 6.07) is 7.70. The van der Waals surface area contributed by atoms with Gasteiger partial charge in [-0.3, -0.25) is 4.79 Å². The van der Waals surface area contributed by atoms with Crippen LogP contribution >= 0.6 is 0 Å². The monoisotopic (exact) mass is 313 g/mol. The summed E-state index contributed by atoms with van der Waals surface area (Å²) in [5.41, 5.74) is 2.59. The Kier molecular flexibility index (Phi) is 4.48. The second-order valence-corrected chi connectivity index (χ2v) is 6.12. The topological polar surface area (TPSA) is 56.1 Å². The zero-order valence-electron chi connectivity index (χ0n) is 13.9. The van der Waals surface area contributed by atoms with Crippen LogP contribution in [-0.2, 0) is 4.74 Å². The average Bonchev–Trinajstić information content (AvgIpc) is 3.16. The number of nitrogens with zero attached hydrogens (tertiary/aromatic N) is 2. The highest BCUT2D eigenvalue weighted by Crippen LogP contribution is 2.20. The van der Waals surface area contributed by atoms with Gasteiger partial charge in [-0.15, -0.1) is 0 Å². The summed E-state index contributed by atoms with van der Waals surface area (Å²) in [4.78, 5) is 17.0. The molecular weight excluding hydrogens is 290 g/mol. The Balaban J connectivity index is 1.82. The fourth-order valence-electron chi connectivity index (χ4n) is 3.21. The third kappa shape index (κ3) is 3.15. The van der Waals surface area contributed by atoms with E-state index in [0.29, 0.717) is 5.56 Å². The summed E-state index contributed by atoms with van der Waals surface area (Å²) in [6.07, 6.45) is 3.96. The number of amides is 1. The molecule has 0 radical (unpaired) electrons. The molecule has 2 atom stereocenters. The van der Waals surface area contributed by atoms with Crippen LogP contribution in [0.25, 0.3) is 5.82 Å². The van der Waals surface area contributed by atoms with Crippen LogP contribution in [0.5, 0.6) is 0 Å². The molecule has 1 aliphatic heterocycles. The van der Waals surface area contributed by atoms with Gasteiger partial charge in [-0.05, 0) is 51.8 Å². The van der Waals surface area contributed by atoms with Crippen molar-refractivity contribution in [3.05, 3.63) is 47.4 Å². The molecule has 0 aromatic carbocycles. The van der Waals surface area contributed by atoms with Gasteiger partial charge in [0.2, 0.25) is 0 Å². The van der Waals surface area contributed by atoms with Gasteiger partial charge in [-0.2, -0.15) is 0 Å². The molecular formula is C18H23N3O2. The molecule has 3 rings (SSSR count). The fraction of sp³-hybridized carbons (Fsp3) is 0.444. The standard InChI is InChI=1S/C18H23N3O2/c1-12-11-15(14(3)21(12)17-8-4-5-9-19-17)18(22)20-13(2)16-7-6-10-23-16/h4-5,8-9,11,13,16H,6-7,10H2,1-3H3,(H,20,22)/t13-,16-/m0/s1. The largest absolute Gasteiger partial charge is 0.376 e. The molecule has 1 aliphatic rings. The predicted molar refractivity (Wildman–Crippen MR) is 88.9 cm³/mol. The van der Waals surface area contributed by atoms with Crippen molar-refractivity contribution < 1.29 is 9.53 Å². The number of hydrogen-bond acceptors (Lipinski definition) is 3. The van der Waals surface area contributed by atoms with Crippen LogP contribution in [0.3, 0.4) is 0 Å². The lowest BCUT2D eigenvalue weighted by atomic mass is 10.1. The molecule has 0 saturated carbocycles. The van der Waals surface area contributed by atoms with Gasteiger partial charge in [0.15, 0.2) is 0 Å². The highest BCUT2D eigenvalue weighted by molar-refractivity contribution is 5.96. The first kappa shape index (κ1) is 15.7. The predicted octanol–water partition coefficient (Wildman–Crippen LogP) is 2.79. The second-order valence-electron chi connectivity index (χ2n) is 6.12. The summed E-state index contributed by atoms with van der Waals surface area (Å²) in [7, 11) is 0. The Morgan fingerprint density at radius 1 is 1.43 bits per heavy atom. The van der Waals surface area contributed by atoms with Gasteiger partial charge in [0.1, 0.15) is 5.82 Å². The first-order valence-electron chi connectivity index (χ1n) is 8.10. The van der Waals surface area contributed by atoms with E-state index >= 15 is 0 Å². The third-order valence-electron chi connectivity index (χ3n) is 4.44. The Morgan fingerprint density at radius 2 is 2.26 bits per heavy atom. The van der Waals surface area contributed by atoms with Crippen molar-refractivity contribution in [3.63, 3.8) is 0 Å². The van der Waals surface area contributed by atoms with E-state index in [1.807, 2.05) is 49.6 Å². The van der Waals surface area contributed by atoms with E-state index in [2.05, 4.69) is 10.3 Å². The molecule has 5 nitrogen and oxygen atoms in total. The number of rotatable bonds is 4.